The highest BCUT2D eigenvalue weighted by Gasteiger charge is 2.44. The number of rotatable bonds is 5. The number of thiazole rings is 1. The van der Waals surface area contributed by atoms with Gasteiger partial charge >= 0.3 is 0 Å². The normalized spacial score (nSPS) is 16.8. The number of carbonyl (C=O) groups excluding carboxylic acids is 2. The van der Waals surface area contributed by atoms with Gasteiger partial charge in [-0.1, -0.05) is 60.1 Å². The third-order valence-corrected chi connectivity index (χ3v) is 5.53. The van der Waals surface area contributed by atoms with Crippen LogP contribution in [0.2, 0.25) is 5.02 Å². The van der Waals surface area contributed by atoms with Gasteiger partial charge in [0.15, 0.2) is 16.7 Å². The predicted molar refractivity (Wildman–Crippen MR) is 114 cm³/mol. The molecule has 4 rings (SSSR count). The Bertz CT molecular complexity index is 1110. The standard InChI is InChI=1S/C22H15ClN2O3S/c23-16-9-7-15(8-10-16)19-18(17(26)11-6-14-4-2-1-3-5-14)20(27)21(28)25(19)22-24-12-13-29-22/h1-13,19,27H/b11-6-/t19-/m0/s1. The summed E-state index contributed by atoms with van der Waals surface area (Å²) in [4.78, 5) is 31.4. The molecule has 1 N–H and O–H groups in total. The fraction of sp³-hybridized carbons (Fsp3) is 0.0455. The Labute approximate surface area is 176 Å². The molecule has 0 unspecified atom stereocenters. The van der Waals surface area contributed by atoms with Gasteiger partial charge in [0.1, 0.15) is 0 Å². The zero-order chi connectivity index (χ0) is 20.4. The first-order valence-corrected chi connectivity index (χ1v) is 10.0. The fourth-order valence-electron chi connectivity index (χ4n) is 3.18. The SMILES string of the molecule is O=C(/C=C\c1ccccc1)C1=C(O)C(=O)N(c2nccs2)[C@H]1c1ccc(Cl)cc1. The number of anilines is 1. The van der Waals surface area contributed by atoms with Crippen LogP contribution in [0.1, 0.15) is 17.2 Å². The maximum atomic E-state index is 13.0. The Balaban J connectivity index is 1.77. The van der Waals surface area contributed by atoms with Gasteiger partial charge < -0.3 is 5.11 Å². The van der Waals surface area contributed by atoms with Gasteiger partial charge in [0, 0.05) is 16.6 Å². The second-order valence-electron chi connectivity index (χ2n) is 6.31. The number of aromatic nitrogens is 1. The Kier molecular flexibility index (Phi) is 5.29. The van der Waals surface area contributed by atoms with Crippen molar-refractivity contribution in [3.63, 3.8) is 0 Å². The van der Waals surface area contributed by atoms with Crippen LogP contribution in [0.3, 0.4) is 0 Å². The van der Waals surface area contributed by atoms with E-state index in [1.165, 1.54) is 22.3 Å². The molecular formula is C22H15ClN2O3S. The number of aliphatic hydroxyl groups excluding tert-OH is 1. The van der Waals surface area contributed by atoms with E-state index in [9.17, 15) is 14.7 Å². The number of halogens is 1. The van der Waals surface area contributed by atoms with Gasteiger partial charge in [0.25, 0.3) is 5.91 Å². The van der Waals surface area contributed by atoms with Crippen LogP contribution in [0, 0.1) is 0 Å². The number of nitrogens with zero attached hydrogens (tertiary/aromatic N) is 2. The first kappa shape index (κ1) is 19.1. The first-order valence-electron chi connectivity index (χ1n) is 8.75. The van der Waals surface area contributed by atoms with Crippen molar-refractivity contribution in [2.24, 2.45) is 0 Å². The number of amides is 1. The second-order valence-corrected chi connectivity index (χ2v) is 7.62. The number of benzene rings is 2. The van der Waals surface area contributed by atoms with Crippen molar-refractivity contribution in [3.05, 3.63) is 99.7 Å². The van der Waals surface area contributed by atoms with Crippen LogP contribution in [0.5, 0.6) is 0 Å². The summed E-state index contributed by atoms with van der Waals surface area (Å²) in [6.07, 6.45) is 4.58. The molecule has 1 amide bonds. The summed E-state index contributed by atoms with van der Waals surface area (Å²) in [5.41, 5.74) is 1.50. The Morgan fingerprint density at radius 2 is 1.86 bits per heavy atom. The molecule has 0 aliphatic carbocycles. The number of allylic oxidation sites excluding steroid dienone is 1. The Morgan fingerprint density at radius 1 is 1.14 bits per heavy atom. The number of hydrogen-bond donors (Lipinski definition) is 1. The summed E-state index contributed by atoms with van der Waals surface area (Å²) in [6.45, 7) is 0. The smallest absolute Gasteiger partial charge is 0.296 e. The van der Waals surface area contributed by atoms with Gasteiger partial charge in [-0.3, -0.25) is 14.5 Å². The topological polar surface area (TPSA) is 70.5 Å². The molecule has 144 valence electrons. The van der Waals surface area contributed by atoms with E-state index in [-0.39, 0.29) is 5.57 Å². The summed E-state index contributed by atoms with van der Waals surface area (Å²) in [5, 5.41) is 13.2. The largest absolute Gasteiger partial charge is 0.503 e. The third kappa shape index (κ3) is 3.72. The number of ketones is 1. The fourth-order valence-corrected chi connectivity index (χ4v) is 3.97. The molecule has 1 aliphatic heterocycles. The van der Waals surface area contributed by atoms with Gasteiger partial charge in [-0.15, -0.1) is 11.3 Å². The molecule has 1 aliphatic rings. The molecule has 0 spiro atoms. The van der Waals surface area contributed by atoms with Crippen LogP contribution in [-0.4, -0.2) is 21.8 Å². The van der Waals surface area contributed by atoms with Crippen LogP contribution in [0.4, 0.5) is 5.13 Å². The molecular weight excluding hydrogens is 408 g/mol. The molecule has 1 atom stereocenters. The predicted octanol–water partition coefficient (Wildman–Crippen LogP) is 4.98. The zero-order valence-electron chi connectivity index (χ0n) is 15.0. The molecule has 5 nitrogen and oxygen atoms in total. The van der Waals surface area contributed by atoms with Crippen molar-refractivity contribution in [2.45, 2.75) is 6.04 Å². The zero-order valence-corrected chi connectivity index (χ0v) is 16.6. The van der Waals surface area contributed by atoms with Crippen LogP contribution >= 0.6 is 22.9 Å². The molecule has 2 heterocycles. The number of hydrogen-bond acceptors (Lipinski definition) is 5. The lowest BCUT2D eigenvalue weighted by Crippen LogP contribution is -2.30. The lowest BCUT2D eigenvalue weighted by Gasteiger charge is -2.24. The van der Waals surface area contributed by atoms with Crippen LogP contribution in [0.25, 0.3) is 6.08 Å². The molecule has 2 aromatic carbocycles. The lowest BCUT2D eigenvalue weighted by molar-refractivity contribution is -0.117. The minimum atomic E-state index is -0.793. The van der Waals surface area contributed by atoms with Crippen molar-refractivity contribution in [1.29, 1.82) is 0 Å². The van der Waals surface area contributed by atoms with E-state index >= 15 is 0 Å². The van der Waals surface area contributed by atoms with Gasteiger partial charge in [0.05, 0.1) is 11.6 Å². The minimum absolute atomic E-state index is 0.0136. The first-order chi connectivity index (χ1) is 14.1. The summed E-state index contributed by atoms with van der Waals surface area (Å²) >= 11 is 7.25. The van der Waals surface area contributed by atoms with Crippen molar-refractivity contribution >= 4 is 45.8 Å². The molecule has 0 saturated carbocycles. The van der Waals surface area contributed by atoms with Crippen molar-refractivity contribution in [3.8, 4) is 0 Å². The van der Waals surface area contributed by atoms with Crippen LogP contribution in [-0.2, 0) is 9.59 Å². The molecule has 0 bridgehead atoms. The quantitative estimate of drug-likeness (QED) is 0.589. The summed E-state index contributed by atoms with van der Waals surface area (Å²) in [5.74, 6) is -1.67. The highest BCUT2D eigenvalue weighted by Crippen LogP contribution is 2.41. The van der Waals surface area contributed by atoms with Crippen LogP contribution in [0.15, 0.2) is 83.6 Å². The highest BCUT2D eigenvalue weighted by molar-refractivity contribution is 7.13. The molecule has 0 saturated heterocycles. The van der Waals surface area contributed by atoms with E-state index in [0.29, 0.717) is 15.7 Å². The van der Waals surface area contributed by atoms with Crippen LogP contribution < -0.4 is 4.90 Å². The molecule has 29 heavy (non-hydrogen) atoms. The van der Waals surface area contributed by atoms with Crippen molar-refractivity contribution in [2.75, 3.05) is 4.90 Å². The molecule has 3 aromatic rings. The summed E-state index contributed by atoms with van der Waals surface area (Å²) in [7, 11) is 0. The summed E-state index contributed by atoms with van der Waals surface area (Å²) in [6, 6.07) is 15.3. The molecule has 0 fully saturated rings. The Hall–Kier alpha value is -3.22. The number of carbonyl (C=O) groups is 2. The second kappa shape index (κ2) is 8.03. The van der Waals surface area contributed by atoms with E-state index in [2.05, 4.69) is 4.98 Å². The Morgan fingerprint density at radius 3 is 2.52 bits per heavy atom. The van der Waals surface area contributed by atoms with E-state index in [4.69, 9.17) is 11.6 Å². The van der Waals surface area contributed by atoms with E-state index in [1.54, 1.807) is 41.9 Å². The van der Waals surface area contributed by atoms with Gasteiger partial charge in [-0.2, -0.15) is 0 Å². The average molecular weight is 423 g/mol. The van der Waals surface area contributed by atoms with E-state index in [1.807, 2.05) is 30.3 Å². The monoisotopic (exact) mass is 422 g/mol. The van der Waals surface area contributed by atoms with Gasteiger partial charge in [-0.05, 0) is 29.3 Å². The maximum absolute atomic E-state index is 13.0. The number of aliphatic hydroxyl groups is 1. The van der Waals surface area contributed by atoms with E-state index in [0.717, 1.165) is 5.56 Å². The average Bonchev–Trinajstić information content (AvgIpc) is 3.35. The molecule has 7 heteroatoms. The van der Waals surface area contributed by atoms with Crippen molar-refractivity contribution < 1.29 is 14.7 Å². The van der Waals surface area contributed by atoms with Gasteiger partial charge in [-0.25, -0.2) is 4.98 Å². The minimum Gasteiger partial charge on any atom is -0.503 e. The summed E-state index contributed by atoms with van der Waals surface area (Å²) < 4.78 is 0. The third-order valence-electron chi connectivity index (χ3n) is 4.51. The molecule has 1 aromatic heterocycles. The lowest BCUT2D eigenvalue weighted by atomic mass is 9.96. The maximum Gasteiger partial charge on any atom is 0.296 e. The van der Waals surface area contributed by atoms with Crippen molar-refractivity contribution in [1.82, 2.24) is 4.98 Å². The highest BCUT2D eigenvalue weighted by atomic mass is 35.5. The van der Waals surface area contributed by atoms with Gasteiger partial charge in [0.2, 0.25) is 0 Å². The molecule has 0 radical (unpaired) electrons. The van der Waals surface area contributed by atoms with E-state index < -0.39 is 23.5 Å².